The molecule has 0 saturated heterocycles. The van der Waals surface area contributed by atoms with Gasteiger partial charge < -0.3 is 9.84 Å². The minimum absolute atomic E-state index is 0.00759. The van der Waals surface area contributed by atoms with Crippen LogP contribution in [0.5, 0.6) is 5.75 Å². The molecule has 1 aromatic rings. The van der Waals surface area contributed by atoms with E-state index < -0.39 is 0 Å². The van der Waals surface area contributed by atoms with Gasteiger partial charge in [0, 0.05) is 16.5 Å². The van der Waals surface area contributed by atoms with Crippen LogP contribution in [0.4, 0.5) is 0 Å². The van der Waals surface area contributed by atoms with E-state index in [4.69, 9.17) is 16.3 Å². The molecule has 1 aliphatic heterocycles. The molecule has 0 radical (unpaired) electrons. The Kier molecular flexibility index (Phi) is 2.27. The van der Waals surface area contributed by atoms with Gasteiger partial charge in [-0.2, -0.15) is 0 Å². The average molecular weight is 235 g/mol. The fourth-order valence-electron chi connectivity index (χ4n) is 2.29. The Hall–Kier alpha value is -1.25. The molecule has 2 nitrogen and oxygen atoms in total. The standard InChI is InChI=1S/C13H11ClO2/c14-8-4-5-10-9-2-1-3-12(15)11(9)7-16-13(10)6-8/h1-6,10,13,15H,7H2. The summed E-state index contributed by atoms with van der Waals surface area (Å²) in [6, 6.07) is 5.59. The molecule has 0 aromatic heterocycles. The highest BCUT2D eigenvalue weighted by molar-refractivity contribution is 6.31. The predicted octanol–water partition coefficient (Wildman–Crippen LogP) is 3.07. The number of fused-ring (bicyclic) bond motifs is 3. The topological polar surface area (TPSA) is 29.5 Å². The Morgan fingerprint density at radius 3 is 3.12 bits per heavy atom. The van der Waals surface area contributed by atoms with Crippen molar-refractivity contribution >= 4 is 11.6 Å². The van der Waals surface area contributed by atoms with E-state index in [1.165, 1.54) is 0 Å². The first-order valence-electron chi connectivity index (χ1n) is 5.23. The molecule has 2 unspecified atom stereocenters. The Morgan fingerprint density at radius 1 is 1.38 bits per heavy atom. The Labute approximate surface area is 98.8 Å². The highest BCUT2D eigenvalue weighted by Crippen LogP contribution is 2.39. The monoisotopic (exact) mass is 234 g/mol. The SMILES string of the molecule is Oc1cccc2c1COC1C=C(Cl)C=CC21. The molecule has 0 saturated carbocycles. The summed E-state index contributed by atoms with van der Waals surface area (Å²) in [4.78, 5) is 0. The molecular weight excluding hydrogens is 224 g/mol. The summed E-state index contributed by atoms with van der Waals surface area (Å²) in [5.74, 6) is 0.475. The van der Waals surface area contributed by atoms with E-state index in [0.717, 1.165) is 11.1 Å². The average Bonchev–Trinajstić information content (AvgIpc) is 2.28. The second-order valence-electron chi connectivity index (χ2n) is 4.06. The normalized spacial score (nSPS) is 26.9. The molecule has 0 spiro atoms. The van der Waals surface area contributed by atoms with Gasteiger partial charge in [0.15, 0.2) is 0 Å². The van der Waals surface area contributed by atoms with Gasteiger partial charge in [0.2, 0.25) is 0 Å². The summed E-state index contributed by atoms with van der Waals surface area (Å²) in [6.45, 7) is 0.442. The molecule has 1 aromatic carbocycles. The summed E-state index contributed by atoms with van der Waals surface area (Å²) < 4.78 is 5.69. The predicted molar refractivity (Wildman–Crippen MR) is 62.5 cm³/mol. The van der Waals surface area contributed by atoms with Crippen LogP contribution in [0.1, 0.15) is 17.0 Å². The summed E-state index contributed by atoms with van der Waals surface area (Å²) in [7, 11) is 0. The third-order valence-corrected chi connectivity index (χ3v) is 3.36. The highest BCUT2D eigenvalue weighted by Gasteiger charge is 2.30. The van der Waals surface area contributed by atoms with Crippen molar-refractivity contribution in [1.29, 1.82) is 0 Å². The van der Waals surface area contributed by atoms with Gasteiger partial charge in [-0.1, -0.05) is 29.8 Å². The molecule has 2 aliphatic rings. The maximum atomic E-state index is 9.75. The fourth-order valence-corrected chi connectivity index (χ4v) is 2.49. The molecule has 2 atom stereocenters. The third kappa shape index (κ3) is 1.46. The van der Waals surface area contributed by atoms with E-state index in [-0.39, 0.29) is 12.0 Å². The minimum Gasteiger partial charge on any atom is -0.508 e. The van der Waals surface area contributed by atoms with E-state index in [9.17, 15) is 5.11 Å². The molecule has 0 fully saturated rings. The number of hydrogen-bond acceptors (Lipinski definition) is 2. The second kappa shape index (κ2) is 3.65. The number of benzene rings is 1. The van der Waals surface area contributed by atoms with E-state index in [1.807, 2.05) is 30.4 Å². The lowest BCUT2D eigenvalue weighted by molar-refractivity contribution is 0.0466. The molecule has 82 valence electrons. The molecular formula is C13H11ClO2. The van der Waals surface area contributed by atoms with Gasteiger partial charge in [-0.05, 0) is 23.8 Å². The van der Waals surface area contributed by atoms with Crippen LogP contribution >= 0.6 is 11.6 Å². The molecule has 3 heteroatoms. The van der Waals surface area contributed by atoms with Crippen LogP contribution in [0.2, 0.25) is 0 Å². The number of hydrogen-bond donors (Lipinski definition) is 1. The highest BCUT2D eigenvalue weighted by atomic mass is 35.5. The number of allylic oxidation sites excluding steroid dienone is 2. The van der Waals surface area contributed by atoms with Crippen molar-refractivity contribution in [3.8, 4) is 5.75 Å². The van der Waals surface area contributed by atoms with Crippen LogP contribution in [-0.4, -0.2) is 11.2 Å². The van der Waals surface area contributed by atoms with Crippen LogP contribution < -0.4 is 0 Å². The molecule has 16 heavy (non-hydrogen) atoms. The van der Waals surface area contributed by atoms with Gasteiger partial charge in [-0.15, -0.1) is 0 Å². The van der Waals surface area contributed by atoms with E-state index in [1.54, 1.807) is 6.07 Å². The van der Waals surface area contributed by atoms with E-state index >= 15 is 0 Å². The largest absolute Gasteiger partial charge is 0.508 e. The fraction of sp³-hybridized carbons (Fsp3) is 0.231. The maximum absolute atomic E-state index is 9.75. The number of phenolic OH excluding ortho intramolecular Hbond substituents is 1. The molecule has 0 bridgehead atoms. The van der Waals surface area contributed by atoms with Crippen LogP contribution in [0.3, 0.4) is 0 Å². The summed E-state index contributed by atoms with van der Waals surface area (Å²) in [5, 5.41) is 10.5. The van der Waals surface area contributed by atoms with Gasteiger partial charge in [0.05, 0.1) is 12.7 Å². The number of aromatic hydroxyl groups is 1. The first-order chi connectivity index (χ1) is 7.75. The Balaban J connectivity index is 2.08. The lowest BCUT2D eigenvalue weighted by Crippen LogP contribution is -2.26. The summed E-state index contributed by atoms with van der Waals surface area (Å²) >= 11 is 5.94. The van der Waals surface area contributed by atoms with Crippen LogP contribution in [-0.2, 0) is 11.3 Å². The third-order valence-electron chi connectivity index (χ3n) is 3.11. The number of phenols is 1. The van der Waals surface area contributed by atoms with E-state index in [2.05, 4.69) is 0 Å². The molecule has 3 rings (SSSR count). The first-order valence-corrected chi connectivity index (χ1v) is 5.61. The Morgan fingerprint density at radius 2 is 2.25 bits per heavy atom. The van der Waals surface area contributed by atoms with Gasteiger partial charge in [-0.25, -0.2) is 0 Å². The molecule has 0 amide bonds. The van der Waals surface area contributed by atoms with Crippen LogP contribution in [0.25, 0.3) is 0 Å². The number of halogens is 1. The lowest BCUT2D eigenvalue weighted by Gasteiger charge is -2.32. The number of ether oxygens (including phenoxy) is 1. The lowest BCUT2D eigenvalue weighted by atomic mass is 9.85. The van der Waals surface area contributed by atoms with Gasteiger partial charge in [-0.3, -0.25) is 0 Å². The molecule has 1 N–H and O–H groups in total. The van der Waals surface area contributed by atoms with E-state index in [0.29, 0.717) is 17.4 Å². The van der Waals surface area contributed by atoms with Gasteiger partial charge >= 0.3 is 0 Å². The Bertz CT molecular complexity index is 491. The quantitative estimate of drug-likeness (QED) is 0.748. The second-order valence-corrected chi connectivity index (χ2v) is 4.49. The van der Waals surface area contributed by atoms with Crippen molar-refractivity contribution in [1.82, 2.24) is 0 Å². The minimum atomic E-state index is -0.00759. The molecule has 1 heterocycles. The zero-order valence-corrected chi connectivity index (χ0v) is 9.32. The van der Waals surface area contributed by atoms with Crippen molar-refractivity contribution < 1.29 is 9.84 Å². The molecule has 1 aliphatic carbocycles. The smallest absolute Gasteiger partial charge is 0.121 e. The van der Waals surface area contributed by atoms with Crippen LogP contribution in [0.15, 0.2) is 41.5 Å². The van der Waals surface area contributed by atoms with Crippen LogP contribution in [0, 0.1) is 0 Å². The number of rotatable bonds is 0. The van der Waals surface area contributed by atoms with Crippen molar-refractivity contribution in [2.24, 2.45) is 0 Å². The zero-order valence-electron chi connectivity index (χ0n) is 8.56. The zero-order chi connectivity index (χ0) is 11.1. The van der Waals surface area contributed by atoms with Gasteiger partial charge in [0.25, 0.3) is 0 Å². The van der Waals surface area contributed by atoms with Crippen molar-refractivity contribution in [3.63, 3.8) is 0 Å². The van der Waals surface area contributed by atoms with Crippen molar-refractivity contribution in [2.45, 2.75) is 18.6 Å². The van der Waals surface area contributed by atoms with Crippen molar-refractivity contribution in [2.75, 3.05) is 0 Å². The van der Waals surface area contributed by atoms with Crippen molar-refractivity contribution in [3.05, 3.63) is 52.6 Å². The maximum Gasteiger partial charge on any atom is 0.121 e. The first kappa shape index (κ1) is 9.94. The summed E-state index contributed by atoms with van der Waals surface area (Å²) in [6.07, 6.45) is 5.82. The van der Waals surface area contributed by atoms with Gasteiger partial charge in [0.1, 0.15) is 5.75 Å². The summed E-state index contributed by atoms with van der Waals surface area (Å²) in [5.41, 5.74) is 2.02.